The second-order valence-corrected chi connectivity index (χ2v) is 7.13. The maximum Gasteiger partial charge on any atom is 0.293 e. The molecule has 0 bridgehead atoms. The molecule has 2 rings (SSSR count). The second kappa shape index (κ2) is 10.6. The molecule has 0 amide bonds. The van der Waals surface area contributed by atoms with E-state index < -0.39 is 12.2 Å². The molecular formula is C20H32O5. The smallest absolute Gasteiger partial charge is 0.293 e. The monoisotopic (exact) mass is 352 g/mol. The van der Waals surface area contributed by atoms with Crippen LogP contribution in [0.4, 0.5) is 0 Å². The topological polar surface area (TPSA) is 76.0 Å². The van der Waals surface area contributed by atoms with E-state index >= 15 is 0 Å². The highest BCUT2D eigenvalue weighted by atomic mass is 16.5. The van der Waals surface area contributed by atoms with E-state index in [-0.39, 0.29) is 17.9 Å². The first-order valence-electron chi connectivity index (χ1n) is 9.61. The third-order valence-electron chi connectivity index (χ3n) is 5.19. The zero-order valence-corrected chi connectivity index (χ0v) is 15.2. The van der Waals surface area contributed by atoms with Crippen molar-refractivity contribution in [2.75, 3.05) is 6.61 Å². The van der Waals surface area contributed by atoms with Crippen molar-refractivity contribution < 1.29 is 24.5 Å². The van der Waals surface area contributed by atoms with Gasteiger partial charge < -0.3 is 19.7 Å². The van der Waals surface area contributed by atoms with Gasteiger partial charge in [0.2, 0.25) is 0 Å². The number of rotatable bonds is 11. The summed E-state index contributed by atoms with van der Waals surface area (Å²) in [6.45, 7) is 3.05. The van der Waals surface area contributed by atoms with Crippen molar-refractivity contribution in [2.45, 2.75) is 76.6 Å². The van der Waals surface area contributed by atoms with Gasteiger partial charge in [0.1, 0.15) is 6.10 Å². The van der Waals surface area contributed by atoms with Crippen LogP contribution in [-0.2, 0) is 14.3 Å². The summed E-state index contributed by atoms with van der Waals surface area (Å²) in [6.07, 6.45) is 12.4. The first kappa shape index (κ1) is 20.0. The largest absolute Gasteiger partial charge is 0.495 e. The number of carbonyl (C=O) groups excluding carboxylic acids is 1. The SMILES string of the molecule is CCCCC[C@H](O)/C=C/[C@@H]1[C@H]2C/C(=C/CCCOC=O)O[C@H]2C[C@H]1O. The molecule has 1 saturated carbocycles. The molecule has 0 aromatic carbocycles. The van der Waals surface area contributed by atoms with E-state index in [1.165, 1.54) is 0 Å². The number of allylic oxidation sites excluding steroid dienone is 2. The second-order valence-electron chi connectivity index (χ2n) is 7.13. The Labute approximate surface area is 150 Å². The standard InChI is InChI=1S/C20H32O5/c1-2-3-4-7-15(22)9-10-17-18-12-16(8-5-6-11-24-14-21)25-20(18)13-19(17)23/h8-10,14-15,17-20,22-23H,2-7,11-13H2,1H3/b10-9+,16-8-/t15-,17+,18+,19+,20-/m0/s1. The van der Waals surface area contributed by atoms with Crippen LogP contribution in [0.3, 0.4) is 0 Å². The quantitative estimate of drug-likeness (QED) is 0.339. The van der Waals surface area contributed by atoms with Crippen molar-refractivity contribution in [1.29, 1.82) is 0 Å². The molecule has 0 radical (unpaired) electrons. The Morgan fingerprint density at radius 1 is 1.36 bits per heavy atom. The average molecular weight is 352 g/mol. The number of hydrogen-bond donors (Lipinski definition) is 2. The van der Waals surface area contributed by atoms with E-state index in [0.717, 1.165) is 50.7 Å². The van der Waals surface area contributed by atoms with Crippen molar-refractivity contribution in [3.8, 4) is 0 Å². The van der Waals surface area contributed by atoms with Crippen LogP contribution in [0.25, 0.3) is 0 Å². The Kier molecular flexibility index (Phi) is 8.49. The molecule has 5 atom stereocenters. The van der Waals surface area contributed by atoms with Crippen molar-refractivity contribution >= 4 is 6.47 Å². The van der Waals surface area contributed by atoms with Gasteiger partial charge in [-0.15, -0.1) is 0 Å². The van der Waals surface area contributed by atoms with E-state index in [4.69, 9.17) is 4.74 Å². The van der Waals surface area contributed by atoms with Crippen LogP contribution >= 0.6 is 0 Å². The van der Waals surface area contributed by atoms with Crippen LogP contribution in [0.15, 0.2) is 24.0 Å². The van der Waals surface area contributed by atoms with E-state index in [2.05, 4.69) is 17.7 Å². The Bertz CT molecular complexity index is 459. The zero-order valence-electron chi connectivity index (χ0n) is 15.2. The number of ether oxygens (including phenoxy) is 2. The van der Waals surface area contributed by atoms with E-state index in [9.17, 15) is 15.0 Å². The molecule has 0 aromatic heterocycles. The summed E-state index contributed by atoms with van der Waals surface area (Å²) in [5.41, 5.74) is 0. The molecule has 1 saturated heterocycles. The van der Waals surface area contributed by atoms with Crippen LogP contribution in [0, 0.1) is 11.8 Å². The molecule has 5 heteroatoms. The van der Waals surface area contributed by atoms with Crippen molar-refractivity contribution in [2.24, 2.45) is 11.8 Å². The molecule has 0 spiro atoms. The summed E-state index contributed by atoms with van der Waals surface area (Å²) in [5, 5.41) is 20.4. The van der Waals surface area contributed by atoms with Crippen LogP contribution < -0.4 is 0 Å². The van der Waals surface area contributed by atoms with Crippen LogP contribution in [0.5, 0.6) is 0 Å². The molecule has 1 aliphatic heterocycles. The first-order chi connectivity index (χ1) is 12.2. The average Bonchev–Trinajstić information content (AvgIpc) is 3.09. The van der Waals surface area contributed by atoms with E-state index in [1.54, 1.807) is 0 Å². The summed E-state index contributed by atoms with van der Waals surface area (Å²) >= 11 is 0. The summed E-state index contributed by atoms with van der Waals surface area (Å²) in [4.78, 5) is 10.1. The third kappa shape index (κ3) is 6.15. The minimum absolute atomic E-state index is 0.0510. The third-order valence-corrected chi connectivity index (χ3v) is 5.19. The molecule has 142 valence electrons. The minimum Gasteiger partial charge on any atom is -0.495 e. The molecule has 1 heterocycles. The van der Waals surface area contributed by atoms with Crippen molar-refractivity contribution in [3.05, 3.63) is 24.0 Å². The van der Waals surface area contributed by atoms with Gasteiger partial charge in [0.15, 0.2) is 0 Å². The summed E-state index contributed by atoms with van der Waals surface area (Å²) in [7, 11) is 0. The maximum atomic E-state index is 10.3. The molecule has 0 aromatic rings. The predicted molar refractivity (Wildman–Crippen MR) is 95.7 cm³/mol. The molecule has 5 nitrogen and oxygen atoms in total. The minimum atomic E-state index is -0.423. The highest BCUT2D eigenvalue weighted by Crippen LogP contribution is 2.45. The molecule has 2 fully saturated rings. The highest BCUT2D eigenvalue weighted by molar-refractivity contribution is 5.36. The lowest BCUT2D eigenvalue weighted by Crippen LogP contribution is -2.18. The van der Waals surface area contributed by atoms with E-state index in [1.807, 2.05) is 12.2 Å². The number of fused-ring (bicyclic) bond motifs is 1. The Morgan fingerprint density at radius 3 is 2.96 bits per heavy atom. The Balaban J connectivity index is 1.81. The van der Waals surface area contributed by atoms with E-state index in [0.29, 0.717) is 19.5 Å². The van der Waals surface area contributed by atoms with Crippen LogP contribution in [0.2, 0.25) is 0 Å². The Morgan fingerprint density at radius 2 is 2.20 bits per heavy atom. The number of unbranched alkanes of at least 4 members (excludes halogenated alkanes) is 3. The summed E-state index contributed by atoms with van der Waals surface area (Å²) in [6, 6.07) is 0. The fraction of sp³-hybridized carbons (Fsp3) is 0.750. The highest BCUT2D eigenvalue weighted by Gasteiger charge is 2.46. The van der Waals surface area contributed by atoms with Gasteiger partial charge >= 0.3 is 0 Å². The lowest BCUT2D eigenvalue weighted by atomic mass is 9.90. The molecule has 2 aliphatic rings. The number of aliphatic hydroxyl groups is 2. The fourth-order valence-corrected chi connectivity index (χ4v) is 3.82. The maximum absolute atomic E-state index is 10.3. The van der Waals surface area contributed by atoms with Gasteiger partial charge in [0, 0.05) is 24.7 Å². The van der Waals surface area contributed by atoms with Gasteiger partial charge in [-0.25, -0.2) is 0 Å². The molecule has 25 heavy (non-hydrogen) atoms. The number of aliphatic hydroxyl groups excluding tert-OH is 2. The van der Waals surface area contributed by atoms with Gasteiger partial charge in [-0.1, -0.05) is 38.3 Å². The molecule has 1 aliphatic carbocycles. The van der Waals surface area contributed by atoms with Gasteiger partial charge in [0.05, 0.1) is 24.6 Å². The van der Waals surface area contributed by atoms with Crippen molar-refractivity contribution in [1.82, 2.24) is 0 Å². The lowest BCUT2D eigenvalue weighted by molar-refractivity contribution is -0.128. The first-order valence-corrected chi connectivity index (χ1v) is 9.61. The van der Waals surface area contributed by atoms with Gasteiger partial charge in [-0.05, 0) is 25.3 Å². The summed E-state index contributed by atoms with van der Waals surface area (Å²) in [5.74, 6) is 1.32. The van der Waals surface area contributed by atoms with Crippen LogP contribution in [-0.4, -0.2) is 41.6 Å². The van der Waals surface area contributed by atoms with Crippen LogP contribution in [0.1, 0.15) is 58.3 Å². The predicted octanol–water partition coefficient (Wildman–Crippen LogP) is 3.11. The zero-order chi connectivity index (χ0) is 18.1. The molecule has 0 unspecified atom stereocenters. The summed E-state index contributed by atoms with van der Waals surface area (Å²) < 4.78 is 10.6. The van der Waals surface area contributed by atoms with Gasteiger partial charge in [-0.3, -0.25) is 4.79 Å². The normalized spacial score (nSPS) is 31.2. The molecular weight excluding hydrogens is 320 g/mol. The lowest BCUT2D eigenvalue weighted by Gasteiger charge is -2.16. The fourth-order valence-electron chi connectivity index (χ4n) is 3.82. The van der Waals surface area contributed by atoms with Gasteiger partial charge in [-0.2, -0.15) is 0 Å². The number of hydrogen-bond acceptors (Lipinski definition) is 5. The number of carbonyl (C=O) groups is 1. The Hall–Kier alpha value is -1.33. The molecule has 2 N–H and O–H groups in total. The van der Waals surface area contributed by atoms with Crippen molar-refractivity contribution in [3.63, 3.8) is 0 Å². The van der Waals surface area contributed by atoms with Gasteiger partial charge in [0.25, 0.3) is 6.47 Å².